The summed E-state index contributed by atoms with van der Waals surface area (Å²) in [6.07, 6.45) is 2.01. The predicted molar refractivity (Wildman–Crippen MR) is 63.6 cm³/mol. The van der Waals surface area contributed by atoms with E-state index in [0.29, 0.717) is 25.7 Å². The number of rotatable bonds is 3. The SMILES string of the molecule is O=C(CN1CCC(CO)CC1)N1CCOCC1. The van der Waals surface area contributed by atoms with Crippen LogP contribution in [0.3, 0.4) is 0 Å². The van der Waals surface area contributed by atoms with Crippen LogP contribution in [0.4, 0.5) is 0 Å². The minimum absolute atomic E-state index is 0.218. The van der Waals surface area contributed by atoms with Crippen molar-refractivity contribution in [1.82, 2.24) is 9.80 Å². The van der Waals surface area contributed by atoms with E-state index in [9.17, 15) is 4.79 Å². The highest BCUT2D eigenvalue weighted by atomic mass is 16.5. The quantitative estimate of drug-likeness (QED) is 0.728. The molecule has 2 aliphatic heterocycles. The summed E-state index contributed by atoms with van der Waals surface area (Å²) in [7, 11) is 0. The Labute approximate surface area is 102 Å². The molecule has 0 atom stereocenters. The number of morpholine rings is 1. The van der Waals surface area contributed by atoms with Crippen molar-refractivity contribution in [1.29, 1.82) is 0 Å². The van der Waals surface area contributed by atoms with Crippen LogP contribution in [0, 0.1) is 5.92 Å². The molecule has 0 spiro atoms. The molecule has 2 saturated heterocycles. The van der Waals surface area contributed by atoms with Crippen molar-refractivity contribution in [3.05, 3.63) is 0 Å². The van der Waals surface area contributed by atoms with E-state index in [1.165, 1.54) is 0 Å². The fourth-order valence-electron chi connectivity index (χ4n) is 2.43. The Kier molecular flexibility index (Phi) is 4.76. The Hall–Kier alpha value is -0.650. The number of hydrogen-bond acceptors (Lipinski definition) is 4. The van der Waals surface area contributed by atoms with Crippen molar-refractivity contribution >= 4 is 5.91 Å². The Balaban J connectivity index is 1.71. The zero-order valence-electron chi connectivity index (χ0n) is 10.3. The molecule has 2 heterocycles. The predicted octanol–water partition coefficient (Wildman–Crippen LogP) is -0.450. The third kappa shape index (κ3) is 3.66. The highest BCUT2D eigenvalue weighted by Crippen LogP contribution is 2.16. The molecule has 0 unspecified atom stereocenters. The largest absolute Gasteiger partial charge is 0.396 e. The number of likely N-dealkylation sites (tertiary alicyclic amines) is 1. The monoisotopic (exact) mass is 242 g/mol. The van der Waals surface area contributed by atoms with Gasteiger partial charge in [0, 0.05) is 19.7 Å². The minimum Gasteiger partial charge on any atom is -0.396 e. The first-order valence-corrected chi connectivity index (χ1v) is 6.48. The Morgan fingerprint density at radius 3 is 2.41 bits per heavy atom. The molecule has 1 amide bonds. The maximum Gasteiger partial charge on any atom is 0.236 e. The fraction of sp³-hybridized carbons (Fsp3) is 0.917. The van der Waals surface area contributed by atoms with Gasteiger partial charge >= 0.3 is 0 Å². The number of hydrogen-bond donors (Lipinski definition) is 1. The lowest BCUT2D eigenvalue weighted by Crippen LogP contribution is -2.47. The zero-order valence-corrected chi connectivity index (χ0v) is 10.3. The third-order valence-electron chi connectivity index (χ3n) is 3.69. The molecule has 0 aromatic carbocycles. The van der Waals surface area contributed by atoms with Crippen LogP contribution in [0.5, 0.6) is 0 Å². The van der Waals surface area contributed by atoms with Crippen LogP contribution < -0.4 is 0 Å². The molecule has 98 valence electrons. The van der Waals surface area contributed by atoms with Gasteiger partial charge in [0.1, 0.15) is 0 Å². The van der Waals surface area contributed by atoms with E-state index >= 15 is 0 Å². The van der Waals surface area contributed by atoms with Crippen molar-refractivity contribution in [2.75, 3.05) is 52.5 Å². The van der Waals surface area contributed by atoms with Gasteiger partial charge in [-0.15, -0.1) is 0 Å². The lowest BCUT2D eigenvalue weighted by Gasteiger charge is -2.33. The molecule has 0 aromatic heterocycles. The lowest BCUT2D eigenvalue weighted by atomic mass is 9.98. The van der Waals surface area contributed by atoms with E-state index < -0.39 is 0 Å². The van der Waals surface area contributed by atoms with Gasteiger partial charge in [0.25, 0.3) is 0 Å². The first-order valence-electron chi connectivity index (χ1n) is 6.48. The van der Waals surface area contributed by atoms with Gasteiger partial charge < -0.3 is 14.7 Å². The van der Waals surface area contributed by atoms with Crippen LogP contribution in [-0.4, -0.2) is 73.4 Å². The normalized spacial score (nSPS) is 23.9. The van der Waals surface area contributed by atoms with Crippen molar-refractivity contribution < 1.29 is 14.6 Å². The summed E-state index contributed by atoms with van der Waals surface area (Å²) >= 11 is 0. The molecule has 0 aliphatic carbocycles. The second kappa shape index (κ2) is 6.33. The van der Waals surface area contributed by atoms with Gasteiger partial charge in [-0.3, -0.25) is 9.69 Å². The Bertz CT molecular complexity index is 246. The van der Waals surface area contributed by atoms with Gasteiger partial charge in [0.05, 0.1) is 19.8 Å². The first-order chi connectivity index (χ1) is 8.29. The van der Waals surface area contributed by atoms with Gasteiger partial charge in [-0.25, -0.2) is 0 Å². The molecule has 0 radical (unpaired) electrons. The van der Waals surface area contributed by atoms with Crippen LogP contribution in [0.15, 0.2) is 0 Å². The second-order valence-corrected chi connectivity index (χ2v) is 4.90. The smallest absolute Gasteiger partial charge is 0.236 e. The van der Waals surface area contributed by atoms with Gasteiger partial charge in [-0.2, -0.15) is 0 Å². The topological polar surface area (TPSA) is 53.0 Å². The Morgan fingerprint density at radius 1 is 1.18 bits per heavy atom. The van der Waals surface area contributed by atoms with Crippen LogP contribution in [0.1, 0.15) is 12.8 Å². The van der Waals surface area contributed by atoms with E-state index in [-0.39, 0.29) is 12.5 Å². The summed E-state index contributed by atoms with van der Waals surface area (Å²) in [5, 5.41) is 9.06. The van der Waals surface area contributed by atoms with E-state index in [1.54, 1.807) is 0 Å². The number of ether oxygens (including phenoxy) is 1. The maximum absolute atomic E-state index is 12.0. The van der Waals surface area contributed by atoms with E-state index in [2.05, 4.69) is 4.90 Å². The highest BCUT2D eigenvalue weighted by Gasteiger charge is 2.23. The van der Waals surface area contributed by atoms with Crippen molar-refractivity contribution in [3.63, 3.8) is 0 Å². The number of carbonyl (C=O) groups excluding carboxylic acids is 1. The average Bonchev–Trinajstić information content (AvgIpc) is 2.40. The number of aliphatic hydroxyl groups excluding tert-OH is 1. The molecule has 2 rings (SSSR count). The molecule has 0 aromatic rings. The van der Waals surface area contributed by atoms with Crippen molar-refractivity contribution in [2.24, 2.45) is 5.92 Å². The van der Waals surface area contributed by atoms with E-state index in [0.717, 1.165) is 39.0 Å². The van der Waals surface area contributed by atoms with Crippen LogP contribution in [0.2, 0.25) is 0 Å². The van der Waals surface area contributed by atoms with Gasteiger partial charge in [-0.05, 0) is 31.8 Å². The van der Waals surface area contributed by atoms with Crippen LogP contribution >= 0.6 is 0 Å². The molecule has 2 aliphatic rings. The van der Waals surface area contributed by atoms with Crippen LogP contribution in [0.25, 0.3) is 0 Å². The minimum atomic E-state index is 0.218. The summed E-state index contributed by atoms with van der Waals surface area (Å²) in [6, 6.07) is 0. The lowest BCUT2D eigenvalue weighted by molar-refractivity contribution is -0.136. The van der Waals surface area contributed by atoms with Crippen LogP contribution in [-0.2, 0) is 9.53 Å². The molecule has 1 N–H and O–H groups in total. The van der Waals surface area contributed by atoms with E-state index in [1.807, 2.05) is 4.90 Å². The summed E-state index contributed by atoms with van der Waals surface area (Å²) in [5.74, 6) is 0.653. The number of nitrogens with zero attached hydrogens (tertiary/aromatic N) is 2. The summed E-state index contributed by atoms with van der Waals surface area (Å²) in [6.45, 7) is 5.46. The van der Waals surface area contributed by atoms with Gasteiger partial charge in [-0.1, -0.05) is 0 Å². The van der Waals surface area contributed by atoms with Gasteiger partial charge in [0.15, 0.2) is 0 Å². The molecule has 0 bridgehead atoms. The summed E-state index contributed by atoms with van der Waals surface area (Å²) in [5.41, 5.74) is 0. The molecular weight excluding hydrogens is 220 g/mol. The molecule has 2 fully saturated rings. The molecule has 17 heavy (non-hydrogen) atoms. The molecule has 0 saturated carbocycles. The Morgan fingerprint density at radius 2 is 1.82 bits per heavy atom. The number of amides is 1. The molecule has 5 nitrogen and oxygen atoms in total. The number of aliphatic hydroxyl groups is 1. The number of carbonyl (C=O) groups is 1. The third-order valence-corrected chi connectivity index (χ3v) is 3.69. The number of piperidine rings is 1. The zero-order chi connectivity index (χ0) is 12.1. The summed E-state index contributed by atoms with van der Waals surface area (Å²) in [4.78, 5) is 16.1. The maximum atomic E-state index is 12.0. The average molecular weight is 242 g/mol. The molecular formula is C12H22N2O3. The second-order valence-electron chi connectivity index (χ2n) is 4.90. The van der Waals surface area contributed by atoms with Crippen molar-refractivity contribution in [3.8, 4) is 0 Å². The highest BCUT2D eigenvalue weighted by molar-refractivity contribution is 5.78. The summed E-state index contributed by atoms with van der Waals surface area (Å²) < 4.78 is 5.23. The van der Waals surface area contributed by atoms with Crippen molar-refractivity contribution in [2.45, 2.75) is 12.8 Å². The van der Waals surface area contributed by atoms with Gasteiger partial charge in [0.2, 0.25) is 5.91 Å². The fourth-order valence-corrected chi connectivity index (χ4v) is 2.43. The first kappa shape index (κ1) is 12.8. The molecule has 5 heteroatoms. The van der Waals surface area contributed by atoms with E-state index in [4.69, 9.17) is 9.84 Å². The standard InChI is InChI=1S/C12H22N2O3/c15-10-11-1-3-13(4-2-11)9-12(16)14-5-7-17-8-6-14/h11,15H,1-10H2.